The van der Waals surface area contributed by atoms with E-state index in [1.807, 2.05) is 34.0 Å². The Balaban J connectivity index is 1.58. The molecule has 0 radical (unpaired) electrons. The summed E-state index contributed by atoms with van der Waals surface area (Å²) in [5.41, 5.74) is 2.49. The molecular weight excluding hydrogens is 316 g/mol. The van der Waals surface area contributed by atoms with Crippen LogP contribution in [0.25, 0.3) is 0 Å². The number of aromatic nitrogens is 3. The number of hydrogen-bond donors (Lipinski definition) is 1. The van der Waals surface area contributed by atoms with E-state index in [2.05, 4.69) is 33.5 Å². The van der Waals surface area contributed by atoms with Crippen molar-refractivity contribution in [3.8, 4) is 0 Å². The van der Waals surface area contributed by atoms with Gasteiger partial charge in [-0.1, -0.05) is 17.3 Å². The Hall–Kier alpha value is -2.41. The molecule has 7 heteroatoms. The van der Waals surface area contributed by atoms with Crippen LogP contribution in [-0.2, 0) is 0 Å². The molecule has 2 aliphatic heterocycles. The highest BCUT2D eigenvalue weighted by molar-refractivity contribution is 6.07. The van der Waals surface area contributed by atoms with E-state index in [1.54, 1.807) is 0 Å². The van der Waals surface area contributed by atoms with Crippen molar-refractivity contribution >= 4 is 17.3 Å². The monoisotopic (exact) mass is 340 g/mol. The fraction of sp³-hybridized carbons (Fsp3) is 0.500. The van der Waals surface area contributed by atoms with Crippen molar-refractivity contribution in [3.63, 3.8) is 0 Å². The molecule has 3 heterocycles. The topological polar surface area (TPSA) is 66.3 Å². The van der Waals surface area contributed by atoms with E-state index in [9.17, 15) is 4.79 Å². The number of carbonyl (C=O) groups excluding carboxylic acids is 1. The molecule has 0 spiro atoms. The Morgan fingerprint density at radius 3 is 2.72 bits per heavy atom. The zero-order chi connectivity index (χ0) is 17.2. The maximum atomic E-state index is 13.0. The zero-order valence-electron chi connectivity index (χ0n) is 14.6. The Morgan fingerprint density at radius 2 is 1.96 bits per heavy atom. The van der Waals surface area contributed by atoms with Gasteiger partial charge in [0.15, 0.2) is 5.69 Å². The van der Waals surface area contributed by atoms with Crippen molar-refractivity contribution in [2.24, 2.45) is 0 Å². The fourth-order valence-electron chi connectivity index (χ4n) is 3.72. The van der Waals surface area contributed by atoms with E-state index in [0.29, 0.717) is 18.3 Å². The summed E-state index contributed by atoms with van der Waals surface area (Å²) in [4.78, 5) is 17.2. The molecule has 7 nitrogen and oxygen atoms in total. The quantitative estimate of drug-likeness (QED) is 0.921. The van der Waals surface area contributed by atoms with Crippen LogP contribution >= 0.6 is 0 Å². The van der Waals surface area contributed by atoms with Gasteiger partial charge in [-0.25, -0.2) is 4.68 Å². The predicted molar refractivity (Wildman–Crippen MR) is 97.2 cm³/mol. The number of nitrogens with one attached hydrogen (secondary N) is 1. The molecule has 25 heavy (non-hydrogen) atoms. The van der Waals surface area contributed by atoms with E-state index in [4.69, 9.17) is 0 Å². The van der Waals surface area contributed by atoms with Crippen LogP contribution in [0.4, 0.5) is 11.4 Å². The van der Waals surface area contributed by atoms with E-state index in [0.717, 1.165) is 50.4 Å². The average Bonchev–Trinajstić information content (AvgIpc) is 3.17. The lowest BCUT2D eigenvalue weighted by atomic mass is 10.1. The molecule has 1 aromatic carbocycles. The molecule has 0 bridgehead atoms. The van der Waals surface area contributed by atoms with Crippen molar-refractivity contribution in [2.45, 2.75) is 25.8 Å². The molecule has 132 valence electrons. The number of likely N-dealkylation sites (N-methyl/N-ethyl adjacent to an activating group) is 1. The summed E-state index contributed by atoms with van der Waals surface area (Å²) in [6.45, 7) is 6.55. The van der Waals surface area contributed by atoms with Crippen LogP contribution in [0.5, 0.6) is 0 Å². The molecule has 1 amide bonds. The summed E-state index contributed by atoms with van der Waals surface area (Å²) in [7, 11) is 0. The largest absolute Gasteiger partial charge is 0.368 e. The van der Waals surface area contributed by atoms with Gasteiger partial charge in [-0.15, -0.1) is 5.10 Å². The van der Waals surface area contributed by atoms with Crippen molar-refractivity contribution in [3.05, 3.63) is 36.2 Å². The zero-order valence-corrected chi connectivity index (χ0v) is 14.6. The lowest BCUT2D eigenvalue weighted by molar-refractivity contribution is 0.0981. The van der Waals surface area contributed by atoms with E-state index in [1.165, 1.54) is 0 Å². The van der Waals surface area contributed by atoms with Gasteiger partial charge in [-0.05, 0) is 45.0 Å². The number of nitrogens with zero attached hydrogens (tertiary/aromatic N) is 5. The maximum absolute atomic E-state index is 13.0. The minimum atomic E-state index is -0.0663. The third-order valence-corrected chi connectivity index (χ3v) is 5.15. The first-order valence-electron chi connectivity index (χ1n) is 9.06. The smallest absolute Gasteiger partial charge is 0.280 e. The number of hydrogen-bond acceptors (Lipinski definition) is 5. The van der Waals surface area contributed by atoms with Crippen molar-refractivity contribution in [1.29, 1.82) is 0 Å². The first kappa shape index (κ1) is 16.1. The molecule has 1 saturated heterocycles. The van der Waals surface area contributed by atoms with Gasteiger partial charge in [0.1, 0.15) is 0 Å². The Labute approximate surface area is 147 Å². The van der Waals surface area contributed by atoms with E-state index >= 15 is 0 Å². The third kappa shape index (κ3) is 3.00. The molecule has 0 aliphatic carbocycles. The van der Waals surface area contributed by atoms with Crippen molar-refractivity contribution < 1.29 is 4.79 Å². The number of anilines is 2. The van der Waals surface area contributed by atoms with Crippen molar-refractivity contribution in [1.82, 2.24) is 20.3 Å². The first-order chi connectivity index (χ1) is 12.3. The standard InChI is InChI=1S/C18H24N6O/c1-2-22-11-12-23(17-6-4-3-5-16(17)22)18(25)15-13-24(21-20-15)14-7-9-19-10-8-14/h3-6,13-14,19H,2,7-12H2,1H3. The summed E-state index contributed by atoms with van der Waals surface area (Å²) in [6, 6.07) is 8.41. The molecule has 4 rings (SSSR count). The molecule has 2 aliphatic rings. The highest BCUT2D eigenvalue weighted by atomic mass is 16.2. The third-order valence-electron chi connectivity index (χ3n) is 5.15. The van der Waals surface area contributed by atoms with Gasteiger partial charge in [0.2, 0.25) is 0 Å². The van der Waals surface area contributed by atoms with E-state index < -0.39 is 0 Å². The second-order valence-corrected chi connectivity index (χ2v) is 6.59. The lowest BCUT2D eigenvalue weighted by Gasteiger charge is -2.36. The summed E-state index contributed by atoms with van der Waals surface area (Å²) in [6.07, 6.45) is 3.86. The Morgan fingerprint density at radius 1 is 1.20 bits per heavy atom. The number of benzene rings is 1. The SMILES string of the molecule is CCN1CCN(C(=O)c2cn(C3CCNCC3)nn2)c2ccccc21. The van der Waals surface area contributed by atoms with Gasteiger partial charge in [-0.3, -0.25) is 4.79 Å². The maximum Gasteiger partial charge on any atom is 0.280 e. The van der Waals surface area contributed by atoms with Crippen LogP contribution in [0.3, 0.4) is 0 Å². The average molecular weight is 340 g/mol. The number of para-hydroxylation sites is 2. The molecule has 1 aromatic heterocycles. The number of carbonyl (C=O) groups is 1. The van der Waals surface area contributed by atoms with Crippen LogP contribution in [0.15, 0.2) is 30.5 Å². The van der Waals surface area contributed by atoms with Crippen LogP contribution in [0.1, 0.15) is 36.3 Å². The number of amides is 1. The Kier molecular flexibility index (Phi) is 4.40. The molecule has 1 N–H and O–H groups in total. The lowest BCUT2D eigenvalue weighted by Crippen LogP contribution is -2.44. The fourth-order valence-corrected chi connectivity index (χ4v) is 3.72. The molecule has 0 atom stereocenters. The molecule has 0 unspecified atom stereocenters. The normalized spacial score (nSPS) is 18.3. The van der Waals surface area contributed by atoms with Crippen molar-refractivity contribution in [2.75, 3.05) is 42.5 Å². The second kappa shape index (κ2) is 6.84. The number of fused-ring (bicyclic) bond motifs is 1. The molecule has 0 saturated carbocycles. The van der Waals surface area contributed by atoms with Gasteiger partial charge in [-0.2, -0.15) is 0 Å². The highest BCUT2D eigenvalue weighted by Gasteiger charge is 2.28. The van der Waals surface area contributed by atoms with Crippen LogP contribution in [-0.4, -0.2) is 53.6 Å². The molecule has 2 aromatic rings. The number of piperidine rings is 1. The minimum absolute atomic E-state index is 0.0663. The van der Waals surface area contributed by atoms with Gasteiger partial charge in [0, 0.05) is 19.6 Å². The first-order valence-corrected chi connectivity index (χ1v) is 9.06. The Bertz CT molecular complexity index is 752. The van der Waals surface area contributed by atoms with Crippen LogP contribution < -0.4 is 15.1 Å². The molecular formula is C18H24N6O. The second-order valence-electron chi connectivity index (χ2n) is 6.59. The van der Waals surface area contributed by atoms with Gasteiger partial charge in [0.05, 0.1) is 23.6 Å². The highest BCUT2D eigenvalue weighted by Crippen LogP contribution is 2.33. The van der Waals surface area contributed by atoms with Gasteiger partial charge < -0.3 is 15.1 Å². The van der Waals surface area contributed by atoms with Gasteiger partial charge >= 0.3 is 0 Å². The molecule has 1 fully saturated rings. The van der Waals surface area contributed by atoms with E-state index in [-0.39, 0.29) is 5.91 Å². The van der Waals surface area contributed by atoms with Gasteiger partial charge in [0.25, 0.3) is 5.91 Å². The summed E-state index contributed by atoms with van der Waals surface area (Å²) in [5.74, 6) is -0.0663. The number of rotatable bonds is 3. The summed E-state index contributed by atoms with van der Waals surface area (Å²) in [5, 5.41) is 11.7. The summed E-state index contributed by atoms with van der Waals surface area (Å²) >= 11 is 0. The minimum Gasteiger partial charge on any atom is -0.368 e. The summed E-state index contributed by atoms with van der Waals surface area (Å²) < 4.78 is 1.86. The van der Waals surface area contributed by atoms with Crippen LogP contribution in [0.2, 0.25) is 0 Å². The predicted octanol–water partition coefficient (Wildman–Crippen LogP) is 1.69. The van der Waals surface area contributed by atoms with Crippen LogP contribution in [0, 0.1) is 0 Å².